The number of ether oxygens (including phenoxy) is 4. The van der Waals surface area contributed by atoms with Gasteiger partial charge in [-0.15, -0.1) is 0 Å². The number of benzene rings is 2. The van der Waals surface area contributed by atoms with Crippen LogP contribution in [0.4, 0.5) is 0 Å². The number of rotatable bonds is 5. The largest absolute Gasteiger partial charge is 0.507 e. The van der Waals surface area contributed by atoms with Crippen molar-refractivity contribution in [2.45, 2.75) is 49.2 Å². The highest BCUT2D eigenvalue weighted by atomic mass is 16.7. The van der Waals surface area contributed by atoms with Crippen molar-refractivity contribution in [3.8, 4) is 40.1 Å². The van der Waals surface area contributed by atoms with E-state index in [4.69, 9.17) is 23.4 Å². The fourth-order valence-electron chi connectivity index (χ4n) is 4.31. The van der Waals surface area contributed by atoms with Crippen LogP contribution in [0, 0.1) is 0 Å². The summed E-state index contributed by atoms with van der Waals surface area (Å²) >= 11 is 0. The first-order valence-electron chi connectivity index (χ1n) is 12.0. The summed E-state index contributed by atoms with van der Waals surface area (Å²) in [5.41, 5.74) is -1.50. The predicted octanol–water partition coefficient (Wildman–Crippen LogP) is -1.79. The van der Waals surface area contributed by atoms with E-state index in [0.717, 1.165) is 6.07 Å². The highest BCUT2D eigenvalue weighted by Gasteiger charge is 2.41. The standard InChI is InChI=1S/C25H26O15/c26-10-5-11(27)22(40-25-20(35)16(31)13(29)7-37-25)23-14(10)17(32)18(33)21(39-23)8-1-3-9(4-2-8)38-24-19(34)15(30)12(28)6-36-24/h1-5,12-13,15-16,19-20,24-31,33-35H,6-7H2/t12-,13-,15+,16+,19-,20+,24-,25+/m0/s1. The molecule has 0 saturated carbocycles. The number of hydrogen-bond acceptors (Lipinski definition) is 15. The molecule has 2 aromatic carbocycles. The van der Waals surface area contributed by atoms with Gasteiger partial charge in [-0.3, -0.25) is 4.79 Å². The molecule has 2 saturated heterocycles. The summed E-state index contributed by atoms with van der Waals surface area (Å²) in [4.78, 5) is 13.0. The average Bonchev–Trinajstić information content (AvgIpc) is 2.93. The van der Waals surface area contributed by atoms with Crippen LogP contribution in [-0.2, 0) is 9.47 Å². The Kier molecular flexibility index (Phi) is 7.47. The van der Waals surface area contributed by atoms with Crippen molar-refractivity contribution < 1.29 is 69.3 Å². The molecule has 2 fully saturated rings. The monoisotopic (exact) mass is 566 g/mol. The van der Waals surface area contributed by atoms with Gasteiger partial charge in [0.15, 0.2) is 17.1 Å². The number of aromatic hydroxyl groups is 3. The van der Waals surface area contributed by atoms with Crippen molar-refractivity contribution in [2.24, 2.45) is 0 Å². The number of aliphatic hydroxyl groups is 6. The third-order valence-electron chi connectivity index (χ3n) is 6.57. The maximum atomic E-state index is 13.0. The Bertz CT molecular complexity index is 1440. The molecule has 0 radical (unpaired) electrons. The lowest BCUT2D eigenvalue weighted by Gasteiger charge is -2.35. The van der Waals surface area contributed by atoms with E-state index in [1.165, 1.54) is 24.3 Å². The van der Waals surface area contributed by atoms with Gasteiger partial charge < -0.3 is 69.3 Å². The van der Waals surface area contributed by atoms with Crippen molar-refractivity contribution in [3.05, 3.63) is 40.6 Å². The zero-order valence-electron chi connectivity index (χ0n) is 20.4. The second kappa shape index (κ2) is 10.7. The molecule has 2 aliphatic rings. The molecule has 9 N–H and O–H groups in total. The quantitative estimate of drug-likeness (QED) is 0.165. The van der Waals surface area contributed by atoms with Gasteiger partial charge in [-0.2, -0.15) is 0 Å². The van der Waals surface area contributed by atoms with Crippen molar-refractivity contribution >= 4 is 11.0 Å². The highest BCUT2D eigenvalue weighted by molar-refractivity contribution is 5.93. The van der Waals surface area contributed by atoms with E-state index in [1.54, 1.807) is 0 Å². The van der Waals surface area contributed by atoms with E-state index in [0.29, 0.717) is 0 Å². The minimum absolute atomic E-state index is 0.116. The zero-order valence-corrected chi connectivity index (χ0v) is 20.4. The molecule has 0 unspecified atom stereocenters. The number of fused-ring (bicyclic) bond motifs is 1. The fraction of sp³-hybridized carbons (Fsp3) is 0.400. The molecule has 0 aliphatic carbocycles. The van der Waals surface area contributed by atoms with Crippen molar-refractivity contribution in [1.29, 1.82) is 0 Å². The Labute approximate surface area is 223 Å². The predicted molar refractivity (Wildman–Crippen MR) is 130 cm³/mol. The number of aliphatic hydroxyl groups excluding tert-OH is 6. The molecular weight excluding hydrogens is 540 g/mol. The van der Waals surface area contributed by atoms with Crippen LogP contribution in [-0.4, -0.2) is 108 Å². The SMILES string of the molecule is O=c1c(O)c(-c2ccc(O[C@@H]3OC[C@H](O)[C@@H](O)[C@@H]3O)cc2)oc2c(O[C@H]3OC[C@H](O)[C@@H](O)[C@H]3O)c(O)cc(O)c12. The van der Waals surface area contributed by atoms with Crippen LogP contribution in [0.5, 0.6) is 28.7 Å². The molecule has 0 amide bonds. The Hall–Kier alpha value is -3.67. The van der Waals surface area contributed by atoms with Crippen molar-refractivity contribution in [3.63, 3.8) is 0 Å². The Morgan fingerprint density at radius 2 is 1.27 bits per heavy atom. The summed E-state index contributed by atoms with van der Waals surface area (Å²) in [6, 6.07) is 6.19. The maximum absolute atomic E-state index is 13.0. The molecule has 0 bridgehead atoms. The summed E-state index contributed by atoms with van der Waals surface area (Å²) in [5.74, 6) is -3.22. The molecule has 1 aromatic heterocycles. The zero-order chi connectivity index (χ0) is 28.9. The van der Waals surface area contributed by atoms with Gasteiger partial charge in [0.05, 0.1) is 13.2 Å². The first-order chi connectivity index (χ1) is 19.0. The van der Waals surface area contributed by atoms with Crippen molar-refractivity contribution in [2.75, 3.05) is 13.2 Å². The van der Waals surface area contributed by atoms with Crippen LogP contribution in [0.1, 0.15) is 0 Å². The Morgan fingerprint density at radius 3 is 1.85 bits per heavy atom. The summed E-state index contributed by atoms with van der Waals surface area (Å²) in [7, 11) is 0. The van der Waals surface area contributed by atoms with E-state index in [1.807, 2.05) is 0 Å². The van der Waals surface area contributed by atoms with Gasteiger partial charge >= 0.3 is 0 Å². The first-order valence-corrected chi connectivity index (χ1v) is 12.0. The van der Waals surface area contributed by atoms with Gasteiger partial charge in [-0.1, -0.05) is 0 Å². The highest BCUT2D eigenvalue weighted by Crippen LogP contribution is 2.43. The summed E-state index contributed by atoms with van der Waals surface area (Å²) in [6.45, 7) is -0.698. The smallest absolute Gasteiger partial charge is 0.238 e. The van der Waals surface area contributed by atoms with Gasteiger partial charge in [0, 0.05) is 11.6 Å². The molecule has 0 spiro atoms. The molecule has 2 aliphatic heterocycles. The number of phenols is 2. The van der Waals surface area contributed by atoms with E-state index in [-0.39, 0.29) is 17.9 Å². The van der Waals surface area contributed by atoms with Crippen LogP contribution in [0.25, 0.3) is 22.3 Å². The summed E-state index contributed by atoms with van der Waals surface area (Å²) in [5, 5.41) is 90.0. The Morgan fingerprint density at radius 1 is 0.725 bits per heavy atom. The van der Waals surface area contributed by atoms with E-state index >= 15 is 0 Å². The molecular formula is C25H26O15. The third kappa shape index (κ3) is 4.89. The lowest BCUT2D eigenvalue weighted by Crippen LogP contribution is -2.54. The van der Waals surface area contributed by atoms with E-state index in [9.17, 15) is 50.8 Å². The van der Waals surface area contributed by atoms with Crippen LogP contribution >= 0.6 is 0 Å². The topological polar surface area (TPSA) is 249 Å². The first kappa shape index (κ1) is 27.9. The minimum Gasteiger partial charge on any atom is -0.507 e. The van der Waals surface area contributed by atoms with E-state index < -0.39 is 101 Å². The second-order valence-corrected chi connectivity index (χ2v) is 9.32. The van der Waals surface area contributed by atoms with Gasteiger partial charge in [0.1, 0.15) is 53.5 Å². The lowest BCUT2D eigenvalue weighted by molar-refractivity contribution is -0.242. The molecule has 3 aromatic rings. The lowest BCUT2D eigenvalue weighted by atomic mass is 10.1. The summed E-state index contributed by atoms with van der Waals surface area (Å²) in [6.07, 6.45) is -12.0. The van der Waals surface area contributed by atoms with Crippen LogP contribution in [0.2, 0.25) is 0 Å². The molecule has 15 nitrogen and oxygen atoms in total. The Balaban J connectivity index is 1.49. The normalized spacial score (nSPS) is 30.8. The van der Waals surface area contributed by atoms with Crippen molar-refractivity contribution in [1.82, 2.24) is 0 Å². The molecule has 15 heteroatoms. The van der Waals surface area contributed by atoms with Crippen LogP contribution < -0.4 is 14.9 Å². The average molecular weight is 566 g/mol. The van der Waals surface area contributed by atoms with Gasteiger partial charge in [-0.25, -0.2) is 0 Å². The molecule has 8 atom stereocenters. The number of phenolic OH excluding ortho intramolecular Hbond substituents is 2. The van der Waals surface area contributed by atoms with Gasteiger partial charge in [0.25, 0.3) is 0 Å². The molecule has 5 rings (SSSR count). The van der Waals surface area contributed by atoms with Gasteiger partial charge in [0.2, 0.25) is 29.5 Å². The van der Waals surface area contributed by atoms with Crippen LogP contribution in [0.3, 0.4) is 0 Å². The minimum atomic E-state index is -1.76. The fourth-order valence-corrected chi connectivity index (χ4v) is 4.31. The molecule has 40 heavy (non-hydrogen) atoms. The third-order valence-corrected chi connectivity index (χ3v) is 6.57. The van der Waals surface area contributed by atoms with Crippen LogP contribution in [0.15, 0.2) is 39.5 Å². The second-order valence-electron chi connectivity index (χ2n) is 9.32. The number of hydrogen-bond donors (Lipinski definition) is 9. The molecule has 3 heterocycles. The maximum Gasteiger partial charge on any atom is 0.238 e. The summed E-state index contributed by atoms with van der Waals surface area (Å²) < 4.78 is 27.1. The molecule has 216 valence electrons. The van der Waals surface area contributed by atoms with Gasteiger partial charge in [-0.05, 0) is 24.3 Å². The van der Waals surface area contributed by atoms with E-state index in [2.05, 4.69) is 0 Å².